The SMILES string of the molecule is CC(O)CC(C)CNC(=O)NC1CCN(c2ccc(F)cc2F)C1. The van der Waals surface area contributed by atoms with E-state index < -0.39 is 11.6 Å². The van der Waals surface area contributed by atoms with Crippen molar-refractivity contribution in [3.63, 3.8) is 0 Å². The second kappa shape index (κ2) is 8.28. The van der Waals surface area contributed by atoms with Crippen LogP contribution >= 0.6 is 0 Å². The third kappa shape index (κ3) is 5.33. The number of aliphatic hydroxyl groups excluding tert-OH is 1. The average Bonchev–Trinajstić information content (AvgIpc) is 2.92. The fourth-order valence-electron chi connectivity index (χ4n) is 3.00. The molecule has 0 radical (unpaired) electrons. The lowest BCUT2D eigenvalue weighted by molar-refractivity contribution is 0.163. The van der Waals surface area contributed by atoms with Gasteiger partial charge >= 0.3 is 6.03 Å². The topological polar surface area (TPSA) is 64.6 Å². The van der Waals surface area contributed by atoms with Crippen LogP contribution in [0.25, 0.3) is 0 Å². The van der Waals surface area contributed by atoms with E-state index >= 15 is 0 Å². The maximum absolute atomic E-state index is 13.8. The minimum absolute atomic E-state index is 0.0819. The van der Waals surface area contributed by atoms with E-state index in [4.69, 9.17) is 0 Å². The smallest absolute Gasteiger partial charge is 0.315 e. The van der Waals surface area contributed by atoms with Gasteiger partial charge in [0.2, 0.25) is 0 Å². The van der Waals surface area contributed by atoms with Crippen molar-refractivity contribution in [1.29, 1.82) is 0 Å². The third-order valence-corrected chi connectivity index (χ3v) is 4.13. The normalized spacial score (nSPS) is 19.9. The lowest BCUT2D eigenvalue weighted by Gasteiger charge is -2.20. The van der Waals surface area contributed by atoms with E-state index in [9.17, 15) is 18.7 Å². The summed E-state index contributed by atoms with van der Waals surface area (Å²) < 4.78 is 26.8. The first-order chi connectivity index (χ1) is 11.3. The summed E-state index contributed by atoms with van der Waals surface area (Å²) in [6, 6.07) is 3.17. The molecule has 24 heavy (non-hydrogen) atoms. The van der Waals surface area contributed by atoms with Gasteiger partial charge in [0.1, 0.15) is 11.6 Å². The van der Waals surface area contributed by atoms with Crippen LogP contribution in [0, 0.1) is 17.6 Å². The Morgan fingerprint density at radius 2 is 2.17 bits per heavy atom. The number of nitrogens with one attached hydrogen (secondary N) is 2. The summed E-state index contributed by atoms with van der Waals surface area (Å²) in [7, 11) is 0. The summed E-state index contributed by atoms with van der Waals surface area (Å²) in [5, 5.41) is 15.0. The summed E-state index contributed by atoms with van der Waals surface area (Å²) in [4.78, 5) is 13.7. The summed E-state index contributed by atoms with van der Waals surface area (Å²) >= 11 is 0. The van der Waals surface area contributed by atoms with Crippen molar-refractivity contribution >= 4 is 11.7 Å². The van der Waals surface area contributed by atoms with Gasteiger partial charge in [-0.05, 0) is 37.8 Å². The van der Waals surface area contributed by atoms with Crippen molar-refractivity contribution in [2.45, 2.75) is 38.8 Å². The standard InChI is InChI=1S/C17H25F2N3O2/c1-11(7-12(2)23)9-20-17(24)21-14-5-6-22(10-14)16-4-3-13(18)8-15(16)19/h3-4,8,11-12,14,23H,5-7,9-10H2,1-2H3,(H2,20,21,24). The Bertz CT molecular complexity index is 569. The highest BCUT2D eigenvalue weighted by molar-refractivity contribution is 5.74. The van der Waals surface area contributed by atoms with Crippen LogP contribution in [0.5, 0.6) is 0 Å². The number of anilines is 1. The Balaban J connectivity index is 1.78. The number of hydrogen-bond acceptors (Lipinski definition) is 3. The molecule has 3 unspecified atom stereocenters. The maximum atomic E-state index is 13.8. The average molecular weight is 341 g/mol. The number of nitrogens with zero attached hydrogens (tertiary/aromatic N) is 1. The monoisotopic (exact) mass is 341 g/mol. The predicted molar refractivity (Wildman–Crippen MR) is 89.0 cm³/mol. The van der Waals surface area contributed by atoms with Crippen LogP contribution in [0.1, 0.15) is 26.7 Å². The number of hydrogen-bond donors (Lipinski definition) is 3. The summed E-state index contributed by atoms with van der Waals surface area (Å²) in [5.41, 5.74) is 0.353. The fraction of sp³-hybridized carbons (Fsp3) is 0.588. The molecule has 1 heterocycles. The minimum Gasteiger partial charge on any atom is -0.393 e. The van der Waals surface area contributed by atoms with E-state index in [1.54, 1.807) is 11.8 Å². The zero-order chi connectivity index (χ0) is 17.7. The Hall–Kier alpha value is -1.89. The van der Waals surface area contributed by atoms with Crippen LogP contribution in [0.3, 0.4) is 0 Å². The first-order valence-electron chi connectivity index (χ1n) is 8.27. The highest BCUT2D eigenvalue weighted by atomic mass is 19.1. The molecule has 3 N–H and O–H groups in total. The highest BCUT2D eigenvalue weighted by Crippen LogP contribution is 2.24. The lowest BCUT2D eigenvalue weighted by Crippen LogP contribution is -2.44. The van der Waals surface area contributed by atoms with Crippen LogP contribution < -0.4 is 15.5 Å². The van der Waals surface area contributed by atoms with E-state index in [-0.39, 0.29) is 24.1 Å². The van der Waals surface area contributed by atoms with Crippen LogP contribution in [0.4, 0.5) is 19.3 Å². The number of halogens is 2. The van der Waals surface area contributed by atoms with Gasteiger partial charge in [-0.3, -0.25) is 0 Å². The summed E-state index contributed by atoms with van der Waals surface area (Å²) in [6.07, 6.45) is 0.938. The first kappa shape index (κ1) is 18.4. The van der Waals surface area contributed by atoms with Gasteiger partial charge in [0.15, 0.2) is 0 Å². The van der Waals surface area contributed by atoms with Crippen molar-refractivity contribution in [3.8, 4) is 0 Å². The number of amides is 2. The van der Waals surface area contributed by atoms with E-state index in [2.05, 4.69) is 10.6 Å². The summed E-state index contributed by atoms with van der Waals surface area (Å²) in [5.74, 6) is -1.01. The molecule has 0 aromatic heterocycles. The Kier molecular flexibility index (Phi) is 6.36. The number of urea groups is 1. The van der Waals surface area contributed by atoms with E-state index in [0.717, 1.165) is 6.07 Å². The molecule has 1 aromatic carbocycles. The van der Waals surface area contributed by atoms with Gasteiger partial charge in [-0.25, -0.2) is 13.6 Å². The number of carbonyl (C=O) groups is 1. The first-order valence-corrected chi connectivity index (χ1v) is 8.27. The largest absolute Gasteiger partial charge is 0.393 e. The molecule has 5 nitrogen and oxygen atoms in total. The Morgan fingerprint density at radius 1 is 1.42 bits per heavy atom. The molecule has 1 aliphatic heterocycles. The fourth-order valence-corrected chi connectivity index (χ4v) is 3.00. The number of rotatable bonds is 6. The molecule has 1 aromatic rings. The Labute approximate surface area is 141 Å². The molecule has 2 amide bonds. The number of aliphatic hydroxyl groups is 1. The van der Waals surface area contributed by atoms with E-state index in [1.807, 2.05) is 6.92 Å². The van der Waals surface area contributed by atoms with E-state index in [1.165, 1.54) is 12.1 Å². The summed E-state index contributed by atoms with van der Waals surface area (Å²) in [6.45, 7) is 5.25. The van der Waals surface area contributed by atoms with Crippen molar-refractivity contribution in [1.82, 2.24) is 10.6 Å². The second-order valence-corrected chi connectivity index (χ2v) is 6.57. The van der Waals surface area contributed by atoms with Crippen molar-refractivity contribution in [3.05, 3.63) is 29.8 Å². The van der Waals surface area contributed by atoms with Gasteiger partial charge in [-0.1, -0.05) is 6.92 Å². The van der Waals surface area contributed by atoms with Crippen molar-refractivity contribution < 1.29 is 18.7 Å². The molecule has 1 aliphatic rings. The van der Waals surface area contributed by atoms with Gasteiger partial charge in [-0.15, -0.1) is 0 Å². The molecule has 1 fully saturated rings. The molecule has 3 atom stereocenters. The number of benzene rings is 1. The second-order valence-electron chi connectivity index (χ2n) is 6.57. The van der Waals surface area contributed by atoms with Gasteiger partial charge in [0.25, 0.3) is 0 Å². The quantitative estimate of drug-likeness (QED) is 0.744. The van der Waals surface area contributed by atoms with Gasteiger partial charge in [0.05, 0.1) is 11.8 Å². The van der Waals surface area contributed by atoms with Crippen LogP contribution in [0.2, 0.25) is 0 Å². The molecule has 0 bridgehead atoms. The zero-order valence-corrected chi connectivity index (χ0v) is 14.1. The molecular weight excluding hydrogens is 316 g/mol. The van der Waals surface area contributed by atoms with Crippen molar-refractivity contribution in [2.75, 3.05) is 24.5 Å². The van der Waals surface area contributed by atoms with Gasteiger partial charge < -0.3 is 20.6 Å². The van der Waals surface area contributed by atoms with Crippen LogP contribution in [0.15, 0.2) is 18.2 Å². The molecule has 0 spiro atoms. The highest BCUT2D eigenvalue weighted by Gasteiger charge is 2.26. The van der Waals surface area contributed by atoms with Crippen LogP contribution in [-0.2, 0) is 0 Å². The maximum Gasteiger partial charge on any atom is 0.315 e. The molecule has 0 saturated carbocycles. The molecule has 1 saturated heterocycles. The van der Waals surface area contributed by atoms with Crippen LogP contribution in [-0.4, -0.2) is 42.9 Å². The third-order valence-electron chi connectivity index (χ3n) is 4.13. The predicted octanol–water partition coefficient (Wildman–Crippen LogP) is 2.25. The molecule has 134 valence electrons. The van der Waals surface area contributed by atoms with Gasteiger partial charge in [0, 0.05) is 31.7 Å². The molecule has 0 aliphatic carbocycles. The van der Waals surface area contributed by atoms with Gasteiger partial charge in [-0.2, -0.15) is 0 Å². The lowest BCUT2D eigenvalue weighted by atomic mass is 10.1. The number of carbonyl (C=O) groups excluding carboxylic acids is 1. The van der Waals surface area contributed by atoms with E-state index in [0.29, 0.717) is 38.2 Å². The minimum atomic E-state index is -0.601. The van der Waals surface area contributed by atoms with Crippen molar-refractivity contribution in [2.24, 2.45) is 5.92 Å². The molecular formula is C17H25F2N3O2. The zero-order valence-electron chi connectivity index (χ0n) is 14.1. The Morgan fingerprint density at radius 3 is 2.83 bits per heavy atom. The molecule has 2 rings (SSSR count). The molecule has 7 heteroatoms.